The lowest BCUT2D eigenvalue weighted by Gasteiger charge is -2.01. The van der Waals surface area contributed by atoms with Gasteiger partial charge in [-0.05, 0) is 6.16 Å². The summed E-state index contributed by atoms with van der Waals surface area (Å²) in [5.74, 6) is 0.0394. The maximum atomic E-state index is 10.0. The zero-order chi connectivity index (χ0) is 6.41. The van der Waals surface area contributed by atoms with Gasteiger partial charge in [0.25, 0.3) is 0 Å². The molecule has 0 aliphatic carbocycles. The van der Waals surface area contributed by atoms with E-state index >= 15 is 0 Å². The first-order valence-electron chi connectivity index (χ1n) is 2.32. The van der Waals surface area contributed by atoms with Crippen molar-refractivity contribution >= 4 is 25.0 Å². The molecule has 0 fully saturated rings. The second-order valence-electron chi connectivity index (χ2n) is 1.47. The highest BCUT2D eigenvalue weighted by Gasteiger charge is 2.00. The van der Waals surface area contributed by atoms with Gasteiger partial charge in [-0.3, -0.25) is 0 Å². The Balaban J connectivity index is 3.21. The van der Waals surface area contributed by atoms with Gasteiger partial charge in [0.2, 0.25) is 0 Å². The van der Waals surface area contributed by atoms with E-state index in [9.17, 15) is 4.79 Å². The van der Waals surface area contributed by atoms with Crippen LogP contribution in [0, 0.1) is 5.92 Å². The summed E-state index contributed by atoms with van der Waals surface area (Å²) in [4.78, 5) is 10.0. The van der Waals surface area contributed by atoms with Crippen molar-refractivity contribution in [3.05, 3.63) is 0 Å². The van der Waals surface area contributed by atoms with Crippen LogP contribution in [0.5, 0.6) is 0 Å². The Hall–Kier alpha value is 0.490. The number of rotatable bonds is 4. The van der Waals surface area contributed by atoms with Crippen LogP contribution in [-0.2, 0) is 9.32 Å². The number of hydrogen-bond acceptors (Lipinski definition) is 2. The normalized spacial score (nSPS) is 13.2. The molecule has 0 spiro atoms. The third-order valence-electron chi connectivity index (χ3n) is 0.806. The molecular formula is C4H10O2P2. The Labute approximate surface area is 53.9 Å². The minimum Gasteiger partial charge on any atom is -0.365 e. The Morgan fingerprint density at radius 2 is 2.38 bits per heavy atom. The average Bonchev–Trinajstić information content (AvgIpc) is 1.83. The molecular weight excluding hydrogens is 142 g/mol. The number of aldehydes is 1. The van der Waals surface area contributed by atoms with Crippen molar-refractivity contribution in [2.45, 2.75) is 0 Å². The standard InChI is InChI=1S/C4H10O2P2/c5-1-4(3-7)2-6-8/h1,4H,2-3,7-8H2. The largest absolute Gasteiger partial charge is 0.365 e. The molecule has 4 heteroatoms. The van der Waals surface area contributed by atoms with Crippen molar-refractivity contribution in [2.24, 2.45) is 5.92 Å². The smallest absolute Gasteiger partial charge is 0.125 e. The first kappa shape index (κ1) is 8.49. The van der Waals surface area contributed by atoms with E-state index in [1.165, 1.54) is 0 Å². The monoisotopic (exact) mass is 152 g/mol. The summed E-state index contributed by atoms with van der Waals surface area (Å²) in [7, 11) is 4.61. The van der Waals surface area contributed by atoms with Crippen molar-refractivity contribution in [3.63, 3.8) is 0 Å². The molecule has 0 aromatic rings. The molecule has 2 nitrogen and oxygen atoms in total. The van der Waals surface area contributed by atoms with E-state index in [-0.39, 0.29) is 5.92 Å². The summed E-state index contributed by atoms with van der Waals surface area (Å²) >= 11 is 0. The molecule has 0 amide bonds. The fraction of sp³-hybridized carbons (Fsp3) is 0.750. The zero-order valence-electron chi connectivity index (χ0n) is 4.54. The zero-order valence-corrected chi connectivity index (χ0v) is 6.85. The Morgan fingerprint density at radius 1 is 1.75 bits per heavy atom. The molecule has 0 N–H and O–H groups in total. The molecule has 0 saturated carbocycles. The second-order valence-corrected chi connectivity index (χ2v) is 2.27. The van der Waals surface area contributed by atoms with Crippen molar-refractivity contribution in [1.82, 2.24) is 0 Å². The topological polar surface area (TPSA) is 26.3 Å². The van der Waals surface area contributed by atoms with E-state index in [2.05, 4.69) is 23.2 Å². The van der Waals surface area contributed by atoms with Gasteiger partial charge in [0, 0.05) is 15.4 Å². The summed E-state index contributed by atoms with van der Waals surface area (Å²) < 4.78 is 4.66. The summed E-state index contributed by atoms with van der Waals surface area (Å²) in [6, 6.07) is 0. The molecule has 3 atom stereocenters. The van der Waals surface area contributed by atoms with Gasteiger partial charge >= 0.3 is 0 Å². The maximum Gasteiger partial charge on any atom is 0.125 e. The van der Waals surface area contributed by atoms with E-state index in [4.69, 9.17) is 0 Å². The molecule has 0 saturated heterocycles. The summed E-state index contributed by atoms with van der Waals surface area (Å²) in [6.45, 7) is 0.498. The van der Waals surface area contributed by atoms with Gasteiger partial charge in [-0.1, -0.05) is 0 Å². The molecule has 0 radical (unpaired) electrons. The molecule has 8 heavy (non-hydrogen) atoms. The first-order chi connectivity index (χ1) is 3.85. The Morgan fingerprint density at radius 3 is 2.50 bits per heavy atom. The van der Waals surface area contributed by atoms with Crippen LogP contribution in [0.25, 0.3) is 0 Å². The summed E-state index contributed by atoms with van der Waals surface area (Å²) in [6.07, 6.45) is 1.68. The highest BCUT2D eigenvalue weighted by Crippen LogP contribution is 2.00. The molecule has 48 valence electrons. The van der Waals surface area contributed by atoms with Gasteiger partial charge in [0.05, 0.1) is 6.61 Å². The highest BCUT2D eigenvalue weighted by molar-refractivity contribution is 7.16. The van der Waals surface area contributed by atoms with Crippen molar-refractivity contribution in [1.29, 1.82) is 0 Å². The van der Waals surface area contributed by atoms with Gasteiger partial charge < -0.3 is 9.32 Å². The summed E-state index contributed by atoms with van der Waals surface area (Å²) in [5.41, 5.74) is 0. The van der Waals surface area contributed by atoms with Crippen LogP contribution in [0.4, 0.5) is 0 Å². The lowest BCUT2D eigenvalue weighted by atomic mass is 10.2. The molecule has 0 rings (SSSR count). The predicted molar refractivity (Wildman–Crippen MR) is 39.8 cm³/mol. The van der Waals surface area contributed by atoms with Crippen molar-refractivity contribution in [3.8, 4) is 0 Å². The van der Waals surface area contributed by atoms with E-state index in [0.29, 0.717) is 6.61 Å². The summed E-state index contributed by atoms with van der Waals surface area (Å²) in [5, 5.41) is 0. The molecule has 0 aliphatic heterocycles. The number of hydrogen-bond donors (Lipinski definition) is 0. The van der Waals surface area contributed by atoms with Gasteiger partial charge in [-0.15, -0.1) is 9.24 Å². The van der Waals surface area contributed by atoms with Gasteiger partial charge in [-0.2, -0.15) is 0 Å². The van der Waals surface area contributed by atoms with Crippen LogP contribution < -0.4 is 0 Å². The fourth-order valence-corrected chi connectivity index (χ4v) is 0.781. The van der Waals surface area contributed by atoms with Crippen LogP contribution >= 0.6 is 18.7 Å². The van der Waals surface area contributed by atoms with Crippen LogP contribution in [0.3, 0.4) is 0 Å². The minimum atomic E-state index is 0.0394. The van der Waals surface area contributed by atoms with E-state index in [1.54, 1.807) is 0 Å². The maximum absolute atomic E-state index is 10.0. The van der Waals surface area contributed by atoms with Gasteiger partial charge in [0.1, 0.15) is 6.29 Å². The predicted octanol–water partition coefficient (Wildman–Crippen LogP) is 0.483. The van der Waals surface area contributed by atoms with Crippen LogP contribution in [0.1, 0.15) is 0 Å². The molecule has 0 aromatic carbocycles. The highest BCUT2D eigenvalue weighted by atomic mass is 31.0. The molecule has 0 heterocycles. The van der Waals surface area contributed by atoms with Crippen molar-refractivity contribution in [2.75, 3.05) is 12.8 Å². The quantitative estimate of drug-likeness (QED) is 0.432. The second kappa shape index (κ2) is 5.62. The lowest BCUT2D eigenvalue weighted by molar-refractivity contribution is -0.111. The van der Waals surface area contributed by atoms with Crippen LogP contribution in [0.2, 0.25) is 0 Å². The van der Waals surface area contributed by atoms with Crippen molar-refractivity contribution < 1.29 is 9.32 Å². The molecule has 3 unspecified atom stereocenters. The third kappa shape index (κ3) is 3.49. The van der Waals surface area contributed by atoms with Gasteiger partial charge in [0.15, 0.2) is 0 Å². The lowest BCUT2D eigenvalue weighted by Crippen LogP contribution is -2.08. The SMILES string of the molecule is O=CC(CP)COP. The molecule has 0 aliphatic rings. The minimum absolute atomic E-state index is 0.0394. The Bertz CT molecular complexity index is 67.1. The van der Waals surface area contributed by atoms with Crippen LogP contribution in [0.15, 0.2) is 0 Å². The Kier molecular flexibility index (Phi) is 5.97. The van der Waals surface area contributed by atoms with Gasteiger partial charge in [-0.25, -0.2) is 0 Å². The molecule has 0 aromatic heterocycles. The number of carbonyl (C=O) groups is 1. The first-order valence-corrected chi connectivity index (χ1v) is 3.61. The van der Waals surface area contributed by atoms with E-state index in [0.717, 1.165) is 12.4 Å². The fourth-order valence-electron chi connectivity index (χ4n) is 0.286. The third-order valence-corrected chi connectivity index (χ3v) is 1.60. The van der Waals surface area contributed by atoms with E-state index in [1.807, 2.05) is 0 Å². The average molecular weight is 152 g/mol. The van der Waals surface area contributed by atoms with Crippen LogP contribution in [-0.4, -0.2) is 19.1 Å². The molecule has 0 bridgehead atoms. The van der Waals surface area contributed by atoms with E-state index < -0.39 is 0 Å². The number of carbonyl (C=O) groups excluding carboxylic acids is 1.